The number of quaternary nitrogens is 1. The Labute approximate surface area is 632 Å². The van der Waals surface area contributed by atoms with Gasteiger partial charge in [0.1, 0.15) is 19.8 Å². The van der Waals surface area contributed by atoms with E-state index in [2.05, 4.69) is 135 Å². The molecule has 0 aromatic rings. The predicted molar refractivity (Wildman–Crippen MR) is 445 cm³/mol. The van der Waals surface area contributed by atoms with Gasteiger partial charge in [0.2, 0.25) is 0 Å². The van der Waals surface area contributed by atoms with Gasteiger partial charge in [0, 0.05) is 12.8 Å². The summed E-state index contributed by atoms with van der Waals surface area (Å²) in [5.41, 5.74) is 0. The molecular formula is C92H165NO8P+. The Hall–Kier alpha value is -3.59. The summed E-state index contributed by atoms with van der Waals surface area (Å²) in [6, 6.07) is 0. The number of hydrogen-bond acceptors (Lipinski definition) is 7. The quantitative estimate of drug-likeness (QED) is 0.0211. The zero-order valence-electron chi connectivity index (χ0n) is 67.6. The largest absolute Gasteiger partial charge is 0.472 e. The van der Waals surface area contributed by atoms with Gasteiger partial charge < -0.3 is 18.9 Å². The third-order valence-electron chi connectivity index (χ3n) is 19.0. The lowest BCUT2D eigenvalue weighted by atomic mass is 10.0. The zero-order chi connectivity index (χ0) is 74.0. The molecule has 0 spiro atoms. The third kappa shape index (κ3) is 85.3. The number of ether oxygens (including phenoxy) is 2. The van der Waals surface area contributed by atoms with Crippen LogP contribution in [0, 0.1) is 0 Å². The standard InChI is InChI=1S/C92H164NO8P/c1-6-8-10-12-14-16-18-20-22-24-26-28-30-32-34-36-38-40-42-44-46-48-50-52-54-56-58-60-62-64-66-68-70-72-74-76-78-80-82-84-91(94)98-88-90(89-100-102(96,97)99-87-86-93(3,4)5)101-92(95)85-83-81-79-77-75-73-71-69-67-65-63-61-59-57-55-53-51-49-47-45-43-41-39-37-35-33-31-29-27-25-23-21-19-17-15-13-11-9-7-2/h8-11,14-17,20-23,26-29,32-35,90H,6-7,12-13,18-19,24-25,30-31,36-89H2,1-5H3/p+1/b10-8-,11-9-,16-14-,17-15-,22-20-,23-21-,28-26-,29-27-,34-32-,35-33-. The van der Waals surface area contributed by atoms with Crippen molar-refractivity contribution in [2.45, 2.75) is 405 Å². The fourth-order valence-corrected chi connectivity index (χ4v) is 13.2. The number of hydrogen-bond donors (Lipinski definition) is 1. The molecule has 1 N–H and O–H groups in total. The lowest BCUT2D eigenvalue weighted by Crippen LogP contribution is -2.37. The van der Waals surface area contributed by atoms with Gasteiger partial charge in [-0.2, -0.15) is 0 Å². The number of phosphoric acid groups is 1. The Bertz CT molecular complexity index is 2140. The molecule has 0 fully saturated rings. The fourth-order valence-electron chi connectivity index (χ4n) is 12.5. The van der Waals surface area contributed by atoms with E-state index in [-0.39, 0.29) is 25.6 Å². The Kier molecular flexibility index (Phi) is 78.6. The molecule has 10 heteroatoms. The highest BCUT2D eigenvalue weighted by Gasteiger charge is 2.27. The molecule has 0 radical (unpaired) electrons. The van der Waals surface area contributed by atoms with Crippen LogP contribution < -0.4 is 0 Å². The second kappa shape index (κ2) is 81.5. The first-order valence-electron chi connectivity index (χ1n) is 43.3. The lowest BCUT2D eigenvalue weighted by molar-refractivity contribution is -0.870. The van der Waals surface area contributed by atoms with Gasteiger partial charge in [-0.1, -0.05) is 405 Å². The normalized spacial score (nSPS) is 13.6. The average molecular weight is 1440 g/mol. The van der Waals surface area contributed by atoms with Crippen LogP contribution in [0.1, 0.15) is 399 Å². The number of unbranched alkanes of at least 4 members (excludes halogenated alkanes) is 46. The molecule has 0 aliphatic heterocycles. The van der Waals surface area contributed by atoms with Gasteiger partial charge in [-0.3, -0.25) is 18.6 Å². The van der Waals surface area contributed by atoms with Crippen molar-refractivity contribution in [2.24, 2.45) is 0 Å². The maximum absolute atomic E-state index is 12.9. The maximum Gasteiger partial charge on any atom is 0.472 e. The number of carbonyl (C=O) groups excluding carboxylic acids is 2. The minimum atomic E-state index is -4.40. The zero-order valence-corrected chi connectivity index (χ0v) is 68.5. The van der Waals surface area contributed by atoms with Crippen LogP contribution >= 0.6 is 7.82 Å². The van der Waals surface area contributed by atoms with Crippen LogP contribution in [-0.2, 0) is 32.7 Å². The first-order valence-corrected chi connectivity index (χ1v) is 44.8. The van der Waals surface area contributed by atoms with Gasteiger partial charge in [-0.05, 0) is 103 Å². The molecule has 102 heavy (non-hydrogen) atoms. The number of esters is 2. The van der Waals surface area contributed by atoms with E-state index in [9.17, 15) is 19.0 Å². The number of likely N-dealkylation sites (N-methyl/N-ethyl adjacent to an activating group) is 1. The molecule has 0 aromatic carbocycles. The summed E-state index contributed by atoms with van der Waals surface area (Å²) in [5, 5.41) is 0. The van der Waals surface area contributed by atoms with E-state index in [0.29, 0.717) is 23.9 Å². The Morgan fingerprint density at radius 3 is 0.784 bits per heavy atom. The van der Waals surface area contributed by atoms with E-state index < -0.39 is 26.5 Å². The average Bonchev–Trinajstić information content (AvgIpc) is 0.935. The van der Waals surface area contributed by atoms with Crippen molar-refractivity contribution in [3.05, 3.63) is 122 Å². The smallest absolute Gasteiger partial charge is 0.462 e. The summed E-state index contributed by atoms with van der Waals surface area (Å²) in [6.45, 7) is 4.26. The number of rotatable bonds is 80. The first kappa shape index (κ1) is 98.4. The van der Waals surface area contributed by atoms with E-state index >= 15 is 0 Å². The number of allylic oxidation sites excluding steroid dienone is 20. The SMILES string of the molecule is CC/C=C\C/C=C\C/C=C\C/C=C\C/C=C\CCCCCCCCCCCCCCCCCCCCCCCCCC(=O)OCC(COP(=O)(O)OCC[N+](C)(C)C)OC(=O)CCCCCCCCCCCCCCCCCCCCCCCCC/C=C\C/C=C\C/C=C\C/C=C\C/C=C\CC. The highest BCUT2D eigenvalue weighted by molar-refractivity contribution is 7.47. The minimum Gasteiger partial charge on any atom is -0.462 e. The summed E-state index contributed by atoms with van der Waals surface area (Å²) < 4.78 is 34.9. The number of phosphoric ester groups is 1. The lowest BCUT2D eigenvalue weighted by Gasteiger charge is -2.24. The summed E-state index contributed by atoms with van der Waals surface area (Å²) in [4.78, 5) is 36.1. The van der Waals surface area contributed by atoms with E-state index in [4.69, 9.17) is 18.5 Å². The minimum absolute atomic E-state index is 0.0319. The monoisotopic (exact) mass is 1440 g/mol. The van der Waals surface area contributed by atoms with Crippen LogP contribution in [0.2, 0.25) is 0 Å². The molecular weight excluding hydrogens is 1280 g/mol. The molecule has 0 rings (SSSR count). The van der Waals surface area contributed by atoms with Gasteiger partial charge in [0.25, 0.3) is 0 Å². The van der Waals surface area contributed by atoms with Crippen LogP contribution in [-0.4, -0.2) is 74.9 Å². The summed E-state index contributed by atoms with van der Waals surface area (Å²) >= 11 is 0. The topological polar surface area (TPSA) is 108 Å². The molecule has 2 unspecified atom stereocenters. The molecule has 2 atom stereocenters. The van der Waals surface area contributed by atoms with Gasteiger partial charge in [-0.15, -0.1) is 0 Å². The Morgan fingerprint density at radius 2 is 0.529 bits per heavy atom. The molecule has 9 nitrogen and oxygen atoms in total. The molecule has 590 valence electrons. The van der Waals surface area contributed by atoms with E-state index in [1.54, 1.807) is 0 Å². The Balaban J connectivity index is 3.88. The molecule has 0 bridgehead atoms. The molecule has 0 aromatic heterocycles. The summed E-state index contributed by atoms with van der Waals surface area (Å²) in [5.74, 6) is -0.777. The summed E-state index contributed by atoms with van der Waals surface area (Å²) in [7, 11) is 1.49. The molecule has 0 heterocycles. The fraction of sp³-hybridized carbons (Fsp3) is 0.761. The second-order valence-electron chi connectivity index (χ2n) is 30.2. The van der Waals surface area contributed by atoms with Crippen LogP contribution in [0.15, 0.2) is 122 Å². The maximum atomic E-state index is 12.9. The van der Waals surface area contributed by atoms with Crippen molar-refractivity contribution >= 4 is 19.8 Å². The molecule has 0 saturated heterocycles. The molecule has 0 amide bonds. The van der Waals surface area contributed by atoms with Crippen molar-refractivity contribution < 1.29 is 42.1 Å². The number of nitrogens with zero attached hydrogens (tertiary/aromatic N) is 1. The molecule has 0 aliphatic rings. The van der Waals surface area contributed by atoms with Gasteiger partial charge in [-0.25, -0.2) is 4.57 Å². The van der Waals surface area contributed by atoms with Crippen LogP contribution in [0.4, 0.5) is 0 Å². The van der Waals surface area contributed by atoms with Crippen molar-refractivity contribution in [1.82, 2.24) is 0 Å². The highest BCUT2D eigenvalue weighted by Crippen LogP contribution is 2.43. The summed E-state index contributed by atoms with van der Waals surface area (Å²) in [6.07, 6.45) is 118. The molecule has 0 saturated carbocycles. The van der Waals surface area contributed by atoms with Crippen LogP contribution in [0.3, 0.4) is 0 Å². The highest BCUT2D eigenvalue weighted by atomic mass is 31.2. The second-order valence-corrected chi connectivity index (χ2v) is 31.6. The van der Waals surface area contributed by atoms with Gasteiger partial charge in [0.15, 0.2) is 6.10 Å². The first-order chi connectivity index (χ1) is 50.0. The van der Waals surface area contributed by atoms with E-state index in [0.717, 1.165) is 96.3 Å². The van der Waals surface area contributed by atoms with Crippen molar-refractivity contribution in [1.29, 1.82) is 0 Å². The molecule has 0 aliphatic carbocycles. The van der Waals surface area contributed by atoms with Gasteiger partial charge in [0.05, 0.1) is 27.7 Å². The van der Waals surface area contributed by atoms with E-state index in [1.807, 2.05) is 21.1 Å². The van der Waals surface area contributed by atoms with Crippen LogP contribution in [0.5, 0.6) is 0 Å². The third-order valence-corrected chi connectivity index (χ3v) is 20.0. The van der Waals surface area contributed by atoms with E-state index in [1.165, 1.54) is 270 Å². The van der Waals surface area contributed by atoms with Gasteiger partial charge >= 0.3 is 19.8 Å². The Morgan fingerprint density at radius 1 is 0.304 bits per heavy atom. The predicted octanol–water partition coefficient (Wildman–Crippen LogP) is 29.3. The number of carbonyl (C=O) groups is 2. The van der Waals surface area contributed by atoms with Crippen molar-refractivity contribution in [3.63, 3.8) is 0 Å². The van der Waals surface area contributed by atoms with Crippen molar-refractivity contribution in [2.75, 3.05) is 47.5 Å². The van der Waals surface area contributed by atoms with Crippen LogP contribution in [0.25, 0.3) is 0 Å². The van der Waals surface area contributed by atoms with Crippen molar-refractivity contribution in [3.8, 4) is 0 Å².